The van der Waals surface area contributed by atoms with Gasteiger partial charge in [-0.25, -0.2) is 0 Å². The Morgan fingerprint density at radius 1 is 1.30 bits per heavy atom. The molecular weight excluding hydrogens is 286 g/mol. The minimum atomic E-state index is -0.376. The van der Waals surface area contributed by atoms with Crippen molar-refractivity contribution in [2.45, 2.75) is 51.1 Å². The fourth-order valence-electron chi connectivity index (χ4n) is 4.22. The van der Waals surface area contributed by atoms with Gasteiger partial charge >= 0.3 is 0 Å². The molecule has 0 aromatic heterocycles. The van der Waals surface area contributed by atoms with Gasteiger partial charge in [-0.2, -0.15) is 0 Å². The van der Waals surface area contributed by atoms with Gasteiger partial charge in [0.1, 0.15) is 0 Å². The number of fused-ring (bicyclic) bond motifs is 2. The van der Waals surface area contributed by atoms with E-state index in [2.05, 4.69) is 43.4 Å². The van der Waals surface area contributed by atoms with Crippen LogP contribution in [0.1, 0.15) is 44.2 Å². The van der Waals surface area contributed by atoms with Crippen LogP contribution in [-0.4, -0.2) is 36.5 Å². The maximum atomic E-state index is 12.9. The van der Waals surface area contributed by atoms with E-state index < -0.39 is 0 Å². The molecule has 1 fully saturated rings. The first kappa shape index (κ1) is 16.5. The summed E-state index contributed by atoms with van der Waals surface area (Å²) in [5.74, 6) is 0.560. The smallest absolute Gasteiger partial charge is 0.239 e. The topological polar surface area (TPSA) is 58.4 Å². The van der Waals surface area contributed by atoms with E-state index in [9.17, 15) is 4.79 Å². The second-order valence-corrected chi connectivity index (χ2v) is 7.62. The highest BCUT2D eigenvalue weighted by atomic mass is 16.2. The monoisotopic (exact) mass is 315 g/mol. The maximum Gasteiger partial charge on any atom is 0.239 e. The first-order chi connectivity index (χ1) is 11.0. The predicted molar refractivity (Wildman–Crippen MR) is 93.1 cm³/mol. The molecule has 126 valence electrons. The summed E-state index contributed by atoms with van der Waals surface area (Å²) in [6.45, 7) is 7.80. The Kier molecular flexibility index (Phi) is 4.74. The number of rotatable bonds is 3. The predicted octanol–water partition coefficient (Wildman–Crippen LogP) is 2.02. The molecule has 1 aromatic rings. The second-order valence-electron chi connectivity index (χ2n) is 7.62. The van der Waals surface area contributed by atoms with Crippen LogP contribution in [0, 0.1) is 5.92 Å². The molecule has 0 radical (unpaired) electrons. The molecule has 4 heteroatoms. The third-order valence-corrected chi connectivity index (χ3v) is 5.36. The summed E-state index contributed by atoms with van der Waals surface area (Å²) < 4.78 is 0. The molecule has 1 amide bonds. The molecule has 2 aliphatic rings. The first-order valence-corrected chi connectivity index (χ1v) is 8.85. The van der Waals surface area contributed by atoms with Crippen molar-refractivity contribution >= 4 is 5.91 Å². The van der Waals surface area contributed by atoms with Gasteiger partial charge in [-0.05, 0) is 49.4 Å². The highest BCUT2D eigenvalue weighted by Crippen LogP contribution is 2.40. The second kappa shape index (κ2) is 6.62. The molecule has 4 nitrogen and oxygen atoms in total. The van der Waals surface area contributed by atoms with Gasteiger partial charge in [-0.1, -0.05) is 38.1 Å². The van der Waals surface area contributed by atoms with Gasteiger partial charge in [0.05, 0.1) is 6.04 Å². The Bertz CT molecular complexity index is 563. The Morgan fingerprint density at radius 3 is 2.70 bits per heavy atom. The Balaban J connectivity index is 1.87. The minimum Gasteiger partial charge on any atom is -0.336 e. The average molecular weight is 315 g/mol. The van der Waals surface area contributed by atoms with Crippen LogP contribution >= 0.6 is 0 Å². The summed E-state index contributed by atoms with van der Waals surface area (Å²) in [6, 6.07) is 8.27. The number of nitrogens with one attached hydrogen (secondary N) is 1. The number of hydrogen-bond donors (Lipinski definition) is 2. The standard InChI is InChI=1S/C19H29N3O/c1-14(2)11-17(20)18(23)22-12-15-5-3-4-6-16(15)19(13-22)7-9-21-10-8-19/h3-6,14,17,21H,7-13,20H2,1-2H3/t17-/m0/s1. The minimum absolute atomic E-state index is 0.104. The van der Waals surface area contributed by atoms with Crippen LogP contribution in [0.3, 0.4) is 0 Å². The van der Waals surface area contributed by atoms with Gasteiger partial charge in [0.15, 0.2) is 0 Å². The van der Waals surface area contributed by atoms with E-state index in [0.717, 1.165) is 38.9 Å². The van der Waals surface area contributed by atoms with Gasteiger partial charge < -0.3 is 16.0 Å². The van der Waals surface area contributed by atoms with Crippen molar-refractivity contribution in [1.82, 2.24) is 10.2 Å². The maximum absolute atomic E-state index is 12.9. The molecule has 0 bridgehead atoms. The Hall–Kier alpha value is -1.39. The molecule has 2 heterocycles. The summed E-state index contributed by atoms with van der Waals surface area (Å²) in [4.78, 5) is 14.9. The number of carbonyl (C=O) groups excluding carboxylic acids is 1. The number of hydrogen-bond acceptors (Lipinski definition) is 3. The van der Waals surface area contributed by atoms with Crippen LogP contribution in [0.25, 0.3) is 0 Å². The molecule has 0 unspecified atom stereocenters. The lowest BCUT2D eigenvalue weighted by atomic mass is 9.69. The molecule has 1 atom stereocenters. The van der Waals surface area contributed by atoms with E-state index in [4.69, 9.17) is 5.73 Å². The van der Waals surface area contributed by atoms with E-state index in [1.54, 1.807) is 0 Å². The lowest BCUT2D eigenvalue weighted by molar-refractivity contribution is -0.135. The van der Waals surface area contributed by atoms with Crippen molar-refractivity contribution in [3.63, 3.8) is 0 Å². The number of benzene rings is 1. The van der Waals surface area contributed by atoms with Crippen LogP contribution in [-0.2, 0) is 16.8 Å². The zero-order chi connectivity index (χ0) is 16.4. The number of carbonyl (C=O) groups is 1. The van der Waals surface area contributed by atoms with Crippen molar-refractivity contribution < 1.29 is 4.79 Å². The fourth-order valence-corrected chi connectivity index (χ4v) is 4.22. The molecule has 0 saturated carbocycles. The average Bonchev–Trinajstić information content (AvgIpc) is 2.54. The van der Waals surface area contributed by atoms with Gasteiger partial charge in [0.25, 0.3) is 0 Å². The van der Waals surface area contributed by atoms with E-state index in [1.807, 2.05) is 4.90 Å². The van der Waals surface area contributed by atoms with Gasteiger partial charge in [-0.15, -0.1) is 0 Å². The zero-order valence-electron chi connectivity index (χ0n) is 14.3. The van der Waals surface area contributed by atoms with E-state index in [0.29, 0.717) is 12.5 Å². The highest BCUT2D eigenvalue weighted by molar-refractivity contribution is 5.82. The largest absolute Gasteiger partial charge is 0.336 e. The molecule has 1 aromatic carbocycles. The Labute approximate surface area is 139 Å². The molecule has 3 rings (SSSR count). The number of nitrogens with two attached hydrogens (primary N) is 1. The van der Waals surface area contributed by atoms with Crippen molar-refractivity contribution in [1.29, 1.82) is 0 Å². The third kappa shape index (κ3) is 3.29. The van der Waals surface area contributed by atoms with Crippen molar-refractivity contribution in [2.24, 2.45) is 11.7 Å². The third-order valence-electron chi connectivity index (χ3n) is 5.36. The van der Waals surface area contributed by atoms with Gasteiger partial charge in [0, 0.05) is 18.5 Å². The highest BCUT2D eigenvalue weighted by Gasteiger charge is 2.42. The van der Waals surface area contributed by atoms with Crippen LogP contribution in [0.4, 0.5) is 0 Å². The number of piperidine rings is 1. The summed E-state index contributed by atoms with van der Waals surface area (Å²) >= 11 is 0. The van der Waals surface area contributed by atoms with Crippen molar-refractivity contribution in [2.75, 3.05) is 19.6 Å². The molecule has 23 heavy (non-hydrogen) atoms. The van der Waals surface area contributed by atoms with Crippen LogP contribution in [0.2, 0.25) is 0 Å². The van der Waals surface area contributed by atoms with Crippen LogP contribution in [0.15, 0.2) is 24.3 Å². The first-order valence-electron chi connectivity index (χ1n) is 8.85. The lowest BCUT2D eigenvalue weighted by Gasteiger charge is -2.47. The van der Waals surface area contributed by atoms with E-state index in [1.165, 1.54) is 11.1 Å². The van der Waals surface area contributed by atoms with Crippen molar-refractivity contribution in [3.05, 3.63) is 35.4 Å². The van der Waals surface area contributed by atoms with Crippen LogP contribution in [0.5, 0.6) is 0 Å². The number of amides is 1. The molecule has 0 aliphatic carbocycles. The summed E-state index contributed by atoms with van der Waals surface area (Å²) in [5.41, 5.74) is 9.03. The van der Waals surface area contributed by atoms with Gasteiger partial charge in [0.2, 0.25) is 5.91 Å². The molecule has 1 spiro atoms. The van der Waals surface area contributed by atoms with Gasteiger partial charge in [-0.3, -0.25) is 4.79 Å². The normalized spacial score (nSPS) is 21.3. The summed E-state index contributed by atoms with van der Waals surface area (Å²) in [5, 5.41) is 3.45. The molecule has 2 aliphatic heterocycles. The SMILES string of the molecule is CC(C)C[C@H](N)C(=O)N1Cc2ccccc2C2(CCNCC2)C1. The van der Waals surface area contributed by atoms with Crippen molar-refractivity contribution in [3.8, 4) is 0 Å². The summed E-state index contributed by atoms with van der Waals surface area (Å²) in [6.07, 6.45) is 2.94. The lowest BCUT2D eigenvalue weighted by Crippen LogP contribution is -2.55. The molecule has 1 saturated heterocycles. The van der Waals surface area contributed by atoms with E-state index in [-0.39, 0.29) is 17.4 Å². The Morgan fingerprint density at radius 2 is 2.00 bits per heavy atom. The molecular formula is C19H29N3O. The zero-order valence-corrected chi connectivity index (χ0v) is 14.3. The quantitative estimate of drug-likeness (QED) is 0.897. The summed E-state index contributed by atoms with van der Waals surface area (Å²) in [7, 11) is 0. The molecule has 3 N–H and O–H groups in total. The van der Waals surface area contributed by atoms with Crippen LogP contribution < -0.4 is 11.1 Å². The number of nitrogens with zero attached hydrogens (tertiary/aromatic N) is 1. The fraction of sp³-hybridized carbons (Fsp3) is 0.632. The van der Waals surface area contributed by atoms with E-state index >= 15 is 0 Å².